The molecule has 18 heavy (non-hydrogen) atoms. The van der Waals surface area contributed by atoms with Crippen LogP contribution in [0.1, 0.15) is 5.69 Å². The molecule has 94 valence electrons. The molecule has 1 heterocycles. The summed E-state index contributed by atoms with van der Waals surface area (Å²) in [5, 5.41) is 12.7. The van der Waals surface area contributed by atoms with Gasteiger partial charge in [0.15, 0.2) is 5.75 Å². The highest BCUT2D eigenvalue weighted by Crippen LogP contribution is 2.35. The Bertz CT molecular complexity index is 560. The normalized spacial score (nSPS) is 10.4. The first-order chi connectivity index (χ1) is 8.45. The number of phenolic OH excluding ortho intramolecular Hbond substituents is 1. The summed E-state index contributed by atoms with van der Waals surface area (Å²) >= 11 is 11.6. The van der Waals surface area contributed by atoms with E-state index >= 15 is 0 Å². The zero-order valence-electron chi connectivity index (χ0n) is 9.41. The molecule has 5 nitrogen and oxygen atoms in total. The molecule has 0 atom stereocenters. The van der Waals surface area contributed by atoms with Gasteiger partial charge in [-0.1, -0.05) is 23.2 Å². The van der Waals surface area contributed by atoms with Crippen molar-refractivity contribution >= 4 is 40.7 Å². The number of aryl methyl sites for hydroxylation is 1. The molecule has 0 aliphatic carbocycles. The molecule has 1 aromatic heterocycles. The Morgan fingerprint density at radius 2 is 1.78 bits per heavy atom. The molecule has 0 spiro atoms. The lowest BCUT2D eigenvalue weighted by molar-refractivity contribution is 0.476. The number of nitrogen functional groups attached to an aromatic ring is 1. The summed E-state index contributed by atoms with van der Waals surface area (Å²) in [5.74, 6) is 0.550. The van der Waals surface area contributed by atoms with E-state index in [-0.39, 0.29) is 21.7 Å². The van der Waals surface area contributed by atoms with Gasteiger partial charge in [-0.15, -0.1) is 0 Å². The molecule has 0 saturated carbocycles. The standard InChI is InChI=1S/C11H10Cl2N4O/c1-5-2-9(17-11(14)15-5)16-6-3-7(12)10(18)8(13)4-6/h2-4,18H,1H3,(H3,14,15,16,17). The molecule has 0 aliphatic rings. The van der Waals surface area contributed by atoms with Gasteiger partial charge in [0.05, 0.1) is 10.0 Å². The van der Waals surface area contributed by atoms with Crippen molar-refractivity contribution in [2.75, 3.05) is 11.1 Å². The Labute approximate surface area is 114 Å². The average Bonchev–Trinajstić information content (AvgIpc) is 2.24. The molecule has 2 rings (SSSR count). The number of rotatable bonds is 2. The van der Waals surface area contributed by atoms with Crippen molar-refractivity contribution in [1.82, 2.24) is 9.97 Å². The molecule has 0 fully saturated rings. The van der Waals surface area contributed by atoms with E-state index in [1.807, 2.05) is 0 Å². The van der Waals surface area contributed by atoms with Gasteiger partial charge >= 0.3 is 0 Å². The topological polar surface area (TPSA) is 84.1 Å². The fourth-order valence-electron chi connectivity index (χ4n) is 1.44. The molecular formula is C11H10Cl2N4O. The van der Waals surface area contributed by atoms with Crippen LogP contribution in [0.4, 0.5) is 17.5 Å². The first kappa shape index (κ1) is 12.7. The first-order valence-electron chi connectivity index (χ1n) is 5.02. The summed E-state index contributed by atoms with van der Waals surface area (Å²) in [6.45, 7) is 1.81. The highest BCUT2D eigenvalue weighted by molar-refractivity contribution is 6.37. The van der Waals surface area contributed by atoms with Crippen LogP contribution in [0.5, 0.6) is 5.75 Å². The summed E-state index contributed by atoms with van der Waals surface area (Å²) < 4.78 is 0. The summed E-state index contributed by atoms with van der Waals surface area (Å²) in [6, 6.07) is 4.80. The number of aromatic nitrogens is 2. The van der Waals surface area contributed by atoms with Gasteiger partial charge in [-0.25, -0.2) is 4.98 Å². The van der Waals surface area contributed by atoms with Crippen LogP contribution in [-0.2, 0) is 0 Å². The summed E-state index contributed by atoms with van der Waals surface area (Å²) in [4.78, 5) is 7.98. The Kier molecular flexibility index (Phi) is 3.45. The van der Waals surface area contributed by atoms with Crippen molar-refractivity contribution in [3.8, 4) is 5.75 Å². The maximum atomic E-state index is 9.45. The van der Waals surface area contributed by atoms with Crippen molar-refractivity contribution < 1.29 is 5.11 Å². The SMILES string of the molecule is Cc1cc(Nc2cc(Cl)c(O)c(Cl)c2)nc(N)n1. The third-order valence-electron chi connectivity index (χ3n) is 2.16. The molecule has 0 unspecified atom stereocenters. The van der Waals surface area contributed by atoms with Crippen molar-refractivity contribution in [2.45, 2.75) is 6.92 Å². The van der Waals surface area contributed by atoms with Crippen molar-refractivity contribution in [3.63, 3.8) is 0 Å². The predicted molar refractivity (Wildman–Crippen MR) is 72.6 cm³/mol. The number of nitrogens with zero attached hydrogens (tertiary/aromatic N) is 2. The molecule has 7 heteroatoms. The van der Waals surface area contributed by atoms with Gasteiger partial charge in [0.1, 0.15) is 5.82 Å². The van der Waals surface area contributed by atoms with Gasteiger partial charge in [-0.3, -0.25) is 0 Å². The van der Waals surface area contributed by atoms with E-state index in [0.717, 1.165) is 5.69 Å². The number of hydrogen-bond donors (Lipinski definition) is 3. The molecular weight excluding hydrogens is 275 g/mol. The highest BCUT2D eigenvalue weighted by atomic mass is 35.5. The minimum absolute atomic E-state index is 0.151. The highest BCUT2D eigenvalue weighted by Gasteiger charge is 2.07. The van der Waals surface area contributed by atoms with Crippen molar-refractivity contribution in [2.24, 2.45) is 0 Å². The lowest BCUT2D eigenvalue weighted by Gasteiger charge is -2.09. The molecule has 0 bridgehead atoms. The molecule has 1 aromatic carbocycles. The zero-order valence-corrected chi connectivity index (χ0v) is 10.9. The number of nitrogens with two attached hydrogens (primary N) is 1. The van der Waals surface area contributed by atoms with E-state index in [9.17, 15) is 5.11 Å². The van der Waals surface area contributed by atoms with Crippen LogP contribution in [0.15, 0.2) is 18.2 Å². The maximum Gasteiger partial charge on any atom is 0.222 e. The fraction of sp³-hybridized carbons (Fsp3) is 0.0909. The molecule has 0 radical (unpaired) electrons. The number of phenols is 1. The maximum absolute atomic E-state index is 9.45. The number of benzene rings is 1. The lowest BCUT2D eigenvalue weighted by Crippen LogP contribution is -2.01. The van der Waals surface area contributed by atoms with Crippen LogP contribution in [0.2, 0.25) is 10.0 Å². The van der Waals surface area contributed by atoms with E-state index < -0.39 is 0 Å². The van der Waals surface area contributed by atoms with Gasteiger partial charge in [0.2, 0.25) is 5.95 Å². The van der Waals surface area contributed by atoms with E-state index in [2.05, 4.69) is 15.3 Å². The summed E-state index contributed by atoms with van der Waals surface area (Å²) in [5.41, 5.74) is 6.88. The second-order valence-corrected chi connectivity index (χ2v) is 4.48. The van der Waals surface area contributed by atoms with Gasteiger partial charge in [0, 0.05) is 17.4 Å². The van der Waals surface area contributed by atoms with Crippen LogP contribution in [-0.4, -0.2) is 15.1 Å². The second kappa shape index (κ2) is 4.88. The number of halogens is 2. The molecule has 0 saturated heterocycles. The Balaban J connectivity index is 2.34. The van der Waals surface area contributed by atoms with Crippen LogP contribution < -0.4 is 11.1 Å². The fourth-order valence-corrected chi connectivity index (χ4v) is 1.93. The third kappa shape index (κ3) is 2.75. The number of anilines is 3. The Morgan fingerprint density at radius 3 is 2.33 bits per heavy atom. The smallest absolute Gasteiger partial charge is 0.222 e. The Morgan fingerprint density at radius 1 is 1.17 bits per heavy atom. The summed E-state index contributed by atoms with van der Waals surface area (Å²) in [7, 11) is 0. The van der Waals surface area contributed by atoms with Gasteiger partial charge < -0.3 is 16.2 Å². The van der Waals surface area contributed by atoms with Crippen LogP contribution in [0.25, 0.3) is 0 Å². The monoisotopic (exact) mass is 284 g/mol. The zero-order chi connectivity index (χ0) is 13.3. The minimum atomic E-state index is -0.151. The lowest BCUT2D eigenvalue weighted by atomic mass is 10.3. The first-order valence-corrected chi connectivity index (χ1v) is 5.77. The van der Waals surface area contributed by atoms with Crippen LogP contribution in [0, 0.1) is 6.92 Å². The molecule has 0 aliphatic heterocycles. The number of aromatic hydroxyl groups is 1. The average molecular weight is 285 g/mol. The third-order valence-corrected chi connectivity index (χ3v) is 2.74. The van der Waals surface area contributed by atoms with Gasteiger partial charge in [-0.2, -0.15) is 4.98 Å². The minimum Gasteiger partial charge on any atom is -0.505 e. The van der Waals surface area contributed by atoms with Gasteiger partial charge in [-0.05, 0) is 19.1 Å². The predicted octanol–water partition coefficient (Wildman–Crippen LogP) is 3.12. The Hall–Kier alpha value is -1.72. The molecule has 4 N–H and O–H groups in total. The molecule has 0 amide bonds. The second-order valence-electron chi connectivity index (χ2n) is 3.67. The number of hydrogen-bond acceptors (Lipinski definition) is 5. The van der Waals surface area contributed by atoms with Crippen molar-refractivity contribution in [1.29, 1.82) is 0 Å². The van der Waals surface area contributed by atoms with E-state index in [1.54, 1.807) is 13.0 Å². The quantitative estimate of drug-likeness (QED) is 0.738. The van der Waals surface area contributed by atoms with Gasteiger partial charge in [0.25, 0.3) is 0 Å². The van der Waals surface area contributed by atoms with Crippen LogP contribution in [0.3, 0.4) is 0 Å². The summed E-state index contributed by atoms with van der Waals surface area (Å²) in [6.07, 6.45) is 0. The number of nitrogens with one attached hydrogen (secondary N) is 1. The van der Waals surface area contributed by atoms with E-state index in [1.165, 1.54) is 12.1 Å². The largest absolute Gasteiger partial charge is 0.505 e. The van der Waals surface area contributed by atoms with E-state index in [4.69, 9.17) is 28.9 Å². The van der Waals surface area contributed by atoms with Crippen molar-refractivity contribution in [3.05, 3.63) is 33.9 Å². The van der Waals surface area contributed by atoms with E-state index in [0.29, 0.717) is 11.5 Å². The molecule has 2 aromatic rings. The van der Waals surface area contributed by atoms with Crippen LogP contribution >= 0.6 is 23.2 Å².